The van der Waals surface area contributed by atoms with E-state index in [4.69, 9.17) is 4.74 Å². The molecule has 0 aromatic carbocycles. The van der Waals surface area contributed by atoms with Crippen LogP contribution < -0.4 is 0 Å². The van der Waals surface area contributed by atoms with Crippen molar-refractivity contribution in [1.29, 1.82) is 0 Å². The Hall–Kier alpha value is -1.80. The second-order valence-electron chi connectivity index (χ2n) is 4.43. The number of hydrogen-bond donors (Lipinski definition) is 0. The molecule has 0 unspecified atom stereocenters. The maximum absolute atomic E-state index is 11.8. The molecule has 152 valence electrons. The van der Waals surface area contributed by atoms with Gasteiger partial charge in [0, 0.05) is 21.6 Å². The Balaban J connectivity index is 5.72. The molecule has 9 nitrogen and oxygen atoms in total. The van der Waals surface area contributed by atoms with Crippen LogP contribution in [0.4, 0.5) is 0 Å². The SMILES string of the molecule is C=CS(=O)(=O)C(=CCOCC=C(S(=O)(=O)C=C)S(=O)(=O)C=C)S(=O)(=O)C=C. The van der Waals surface area contributed by atoms with Crippen molar-refractivity contribution < 1.29 is 38.4 Å². The van der Waals surface area contributed by atoms with Crippen LogP contribution in [0.25, 0.3) is 0 Å². The molecule has 0 rings (SSSR count). The average molecular weight is 459 g/mol. The zero-order valence-electron chi connectivity index (χ0n) is 14.0. The number of hydrogen-bond acceptors (Lipinski definition) is 9. The second kappa shape index (κ2) is 9.41. The molecule has 0 fully saturated rings. The van der Waals surface area contributed by atoms with Crippen molar-refractivity contribution in [2.75, 3.05) is 13.2 Å². The van der Waals surface area contributed by atoms with Gasteiger partial charge in [-0.2, -0.15) is 0 Å². The highest BCUT2D eigenvalue weighted by Gasteiger charge is 2.26. The van der Waals surface area contributed by atoms with Crippen LogP contribution in [-0.4, -0.2) is 46.9 Å². The lowest BCUT2D eigenvalue weighted by molar-refractivity contribution is 0.194. The van der Waals surface area contributed by atoms with Gasteiger partial charge in [-0.15, -0.1) is 0 Å². The third-order valence-corrected chi connectivity index (χ3v) is 10.2. The van der Waals surface area contributed by atoms with Gasteiger partial charge in [-0.1, -0.05) is 26.3 Å². The Morgan fingerprint density at radius 3 is 0.963 bits per heavy atom. The largest absolute Gasteiger partial charge is 0.373 e. The van der Waals surface area contributed by atoms with Gasteiger partial charge in [0.1, 0.15) is 0 Å². The molecule has 0 aromatic rings. The third-order valence-electron chi connectivity index (χ3n) is 2.74. The van der Waals surface area contributed by atoms with Crippen molar-refractivity contribution in [3.8, 4) is 0 Å². The van der Waals surface area contributed by atoms with Crippen LogP contribution in [0, 0.1) is 0 Å². The van der Waals surface area contributed by atoms with E-state index in [1.54, 1.807) is 0 Å². The first-order valence-electron chi connectivity index (χ1n) is 6.70. The van der Waals surface area contributed by atoms with E-state index in [9.17, 15) is 33.7 Å². The minimum atomic E-state index is -4.34. The number of rotatable bonds is 12. The first-order valence-corrected chi connectivity index (χ1v) is 12.9. The van der Waals surface area contributed by atoms with Gasteiger partial charge in [0.25, 0.3) is 0 Å². The highest BCUT2D eigenvalue weighted by atomic mass is 32.3. The molecule has 0 aromatic heterocycles. The van der Waals surface area contributed by atoms with Crippen molar-refractivity contribution in [1.82, 2.24) is 0 Å². The lowest BCUT2D eigenvalue weighted by Gasteiger charge is -2.05. The van der Waals surface area contributed by atoms with E-state index in [-0.39, 0.29) is 0 Å². The summed E-state index contributed by atoms with van der Waals surface area (Å²) in [5.74, 6) is 0. The van der Waals surface area contributed by atoms with Crippen LogP contribution in [0.5, 0.6) is 0 Å². The molecule has 0 bridgehead atoms. The molecule has 0 spiro atoms. The van der Waals surface area contributed by atoms with E-state index >= 15 is 0 Å². The average Bonchev–Trinajstić information content (AvgIpc) is 2.60. The summed E-state index contributed by atoms with van der Waals surface area (Å²) < 4.78 is 96.9. The molecule has 0 atom stereocenters. The summed E-state index contributed by atoms with van der Waals surface area (Å²) in [5.41, 5.74) is 0. The molecular formula is C14H18O9S4. The second-order valence-corrected chi connectivity index (χ2v) is 12.4. The van der Waals surface area contributed by atoms with Crippen LogP contribution in [0.3, 0.4) is 0 Å². The molecule has 0 aliphatic rings. The fourth-order valence-corrected chi connectivity index (χ4v) is 6.70. The van der Waals surface area contributed by atoms with Gasteiger partial charge in [-0.25, -0.2) is 33.7 Å². The fourth-order valence-electron chi connectivity index (χ4n) is 1.44. The van der Waals surface area contributed by atoms with E-state index in [0.717, 1.165) is 0 Å². The molecule has 13 heteroatoms. The van der Waals surface area contributed by atoms with Crippen molar-refractivity contribution in [3.05, 3.63) is 68.6 Å². The topological polar surface area (TPSA) is 146 Å². The predicted octanol–water partition coefficient (Wildman–Crippen LogP) is 0.919. The Bertz CT molecular complexity index is 929. The van der Waals surface area contributed by atoms with E-state index in [0.29, 0.717) is 33.8 Å². The number of ether oxygens (including phenoxy) is 1. The van der Waals surface area contributed by atoms with E-state index in [1.807, 2.05) is 0 Å². The van der Waals surface area contributed by atoms with Crippen LogP contribution >= 0.6 is 0 Å². The minimum absolute atomic E-state index is 0.422. The van der Waals surface area contributed by atoms with Gasteiger partial charge in [0.2, 0.25) is 39.3 Å². The van der Waals surface area contributed by atoms with E-state index in [2.05, 4.69) is 26.3 Å². The smallest absolute Gasteiger partial charge is 0.210 e. The Kier molecular flexibility index (Phi) is 8.79. The van der Waals surface area contributed by atoms with Gasteiger partial charge >= 0.3 is 0 Å². The van der Waals surface area contributed by atoms with Crippen molar-refractivity contribution in [2.24, 2.45) is 0 Å². The molecule has 0 aliphatic heterocycles. The van der Waals surface area contributed by atoms with Crippen LogP contribution in [-0.2, 0) is 44.1 Å². The minimum Gasteiger partial charge on any atom is -0.373 e. The monoisotopic (exact) mass is 458 g/mol. The van der Waals surface area contributed by atoms with Crippen molar-refractivity contribution in [3.63, 3.8) is 0 Å². The first-order chi connectivity index (χ1) is 12.2. The Morgan fingerprint density at radius 2 is 0.778 bits per heavy atom. The fraction of sp³-hybridized carbons (Fsp3) is 0.143. The van der Waals surface area contributed by atoms with Crippen LogP contribution in [0.15, 0.2) is 68.6 Å². The van der Waals surface area contributed by atoms with E-state index < -0.39 is 61.0 Å². The zero-order chi connectivity index (χ0) is 21.5. The van der Waals surface area contributed by atoms with Crippen molar-refractivity contribution in [2.45, 2.75) is 0 Å². The van der Waals surface area contributed by atoms with E-state index in [1.165, 1.54) is 0 Å². The normalized spacial score (nSPS) is 12.4. The third kappa shape index (κ3) is 6.70. The van der Waals surface area contributed by atoms with Gasteiger partial charge in [0.05, 0.1) is 13.2 Å². The Morgan fingerprint density at radius 1 is 0.556 bits per heavy atom. The molecule has 0 heterocycles. The maximum Gasteiger partial charge on any atom is 0.210 e. The lowest BCUT2D eigenvalue weighted by atomic mass is 10.6. The summed E-state index contributed by atoms with van der Waals surface area (Å²) in [6, 6.07) is 0. The zero-order valence-corrected chi connectivity index (χ0v) is 17.3. The van der Waals surface area contributed by atoms with Gasteiger partial charge in [-0.3, -0.25) is 0 Å². The summed E-state index contributed by atoms with van der Waals surface area (Å²) in [6.07, 6.45) is 1.40. The lowest BCUT2D eigenvalue weighted by Crippen LogP contribution is -2.12. The van der Waals surface area contributed by atoms with Crippen LogP contribution in [0.2, 0.25) is 0 Å². The highest BCUT2D eigenvalue weighted by Crippen LogP contribution is 2.19. The van der Waals surface area contributed by atoms with Gasteiger partial charge in [0.15, 0.2) is 8.47 Å². The van der Waals surface area contributed by atoms with Gasteiger partial charge in [-0.05, 0) is 12.2 Å². The molecule has 27 heavy (non-hydrogen) atoms. The molecule has 0 aliphatic carbocycles. The van der Waals surface area contributed by atoms with Gasteiger partial charge < -0.3 is 4.74 Å². The molecule has 0 saturated heterocycles. The number of sulfone groups is 4. The standard InChI is InChI=1S/C14H18O9S4/c1-5-24(15,16)13(25(17,18)6-2)9-11-23-12-10-14(26(19,20)7-3)27(21,22)8-4/h5-10H,1-4,11-12H2. The molecular weight excluding hydrogens is 440 g/mol. The molecule has 0 N–H and O–H groups in total. The Labute approximate surface area is 159 Å². The molecule has 0 amide bonds. The maximum atomic E-state index is 11.8. The summed E-state index contributed by atoms with van der Waals surface area (Å²) in [7, 11) is -17.3. The van der Waals surface area contributed by atoms with Crippen LogP contribution in [0.1, 0.15) is 0 Å². The summed E-state index contributed by atoms with van der Waals surface area (Å²) in [6.45, 7) is 10.9. The summed E-state index contributed by atoms with van der Waals surface area (Å²) in [5, 5.41) is 1.69. The highest BCUT2D eigenvalue weighted by molar-refractivity contribution is 8.17. The molecule has 0 saturated carbocycles. The first kappa shape index (κ1) is 25.2. The summed E-state index contributed by atoms with van der Waals surface area (Å²) in [4.78, 5) is 0. The summed E-state index contributed by atoms with van der Waals surface area (Å²) >= 11 is 0. The quantitative estimate of drug-likeness (QED) is 0.389. The van der Waals surface area contributed by atoms with Crippen molar-refractivity contribution >= 4 is 39.3 Å². The predicted molar refractivity (Wildman–Crippen MR) is 103 cm³/mol. The molecule has 0 radical (unpaired) electrons.